The summed E-state index contributed by atoms with van der Waals surface area (Å²) in [4.78, 5) is 18.3. The first kappa shape index (κ1) is 12.8. The van der Waals surface area contributed by atoms with Crippen LogP contribution in [0.2, 0.25) is 0 Å². The lowest BCUT2D eigenvalue weighted by atomic mass is 10.2. The third kappa shape index (κ3) is 2.07. The average Bonchev–Trinajstić information content (AvgIpc) is 2.85. The fourth-order valence-electron chi connectivity index (χ4n) is 2.34. The van der Waals surface area contributed by atoms with E-state index in [1.54, 1.807) is 4.90 Å². The van der Waals surface area contributed by atoms with Gasteiger partial charge in [0.2, 0.25) is 5.95 Å². The number of aromatic nitrogens is 2. The number of ether oxygens (including phenoxy) is 1. The number of hydrogen-bond donors (Lipinski definition) is 1. The van der Waals surface area contributed by atoms with Gasteiger partial charge >= 0.3 is 6.09 Å². The number of hydrogen-bond acceptors (Lipinski definition) is 4. The second-order valence-corrected chi connectivity index (χ2v) is 5.94. The number of carbonyl (C=O) groups excluding carboxylic acids is 1. The summed E-state index contributed by atoms with van der Waals surface area (Å²) in [6, 6.07) is 5.55. The van der Waals surface area contributed by atoms with Crippen LogP contribution in [0.15, 0.2) is 18.2 Å². The van der Waals surface area contributed by atoms with Crippen LogP contribution in [-0.4, -0.2) is 27.8 Å². The minimum Gasteiger partial charge on any atom is -0.443 e. The molecule has 2 N–H and O–H groups in total. The van der Waals surface area contributed by atoms with Crippen LogP contribution in [0, 0.1) is 0 Å². The molecule has 1 aromatic carbocycles. The molecule has 0 saturated carbocycles. The molecule has 6 heteroatoms. The van der Waals surface area contributed by atoms with Gasteiger partial charge in [0.25, 0.3) is 0 Å². The van der Waals surface area contributed by atoms with Crippen molar-refractivity contribution < 1.29 is 9.53 Å². The molecule has 6 nitrogen and oxygen atoms in total. The zero-order chi connectivity index (χ0) is 14.5. The number of carbonyl (C=O) groups is 1. The molecule has 1 aliphatic rings. The Kier molecular flexibility index (Phi) is 2.64. The van der Waals surface area contributed by atoms with Gasteiger partial charge < -0.3 is 15.0 Å². The van der Waals surface area contributed by atoms with E-state index in [1.807, 2.05) is 43.5 Å². The Hall–Kier alpha value is -2.24. The van der Waals surface area contributed by atoms with E-state index in [0.717, 1.165) is 11.0 Å². The standard InChI is InChI=1S/C14H18N4O2/c1-14(2,3)20-13(19)18-7-6-17-11-8-9(15)4-5-10(11)16-12(17)18/h4-5,8H,6-7,15H2,1-3H3. The van der Waals surface area contributed by atoms with Crippen molar-refractivity contribution in [1.82, 2.24) is 9.55 Å². The lowest BCUT2D eigenvalue weighted by molar-refractivity contribution is 0.0583. The van der Waals surface area contributed by atoms with Crippen molar-refractivity contribution in [3.05, 3.63) is 18.2 Å². The predicted molar refractivity (Wildman–Crippen MR) is 77.7 cm³/mol. The molecule has 0 fully saturated rings. The summed E-state index contributed by atoms with van der Waals surface area (Å²) in [5, 5.41) is 0. The van der Waals surface area contributed by atoms with E-state index in [9.17, 15) is 4.79 Å². The van der Waals surface area contributed by atoms with Crippen molar-refractivity contribution in [2.45, 2.75) is 32.9 Å². The van der Waals surface area contributed by atoms with Gasteiger partial charge in [-0.3, -0.25) is 0 Å². The highest BCUT2D eigenvalue weighted by Gasteiger charge is 2.31. The van der Waals surface area contributed by atoms with Gasteiger partial charge in [-0.15, -0.1) is 0 Å². The first-order chi connectivity index (χ1) is 9.35. The van der Waals surface area contributed by atoms with E-state index < -0.39 is 5.60 Å². The maximum absolute atomic E-state index is 12.2. The number of anilines is 2. The van der Waals surface area contributed by atoms with Crippen LogP contribution in [0.25, 0.3) is 11.0 Å². The summed E-state index contributed by atoms with van der Waals surface area (Å²) in [6.07, 6.45) is -0.362. The molecule has 0 radical (unpaired) electrons. The monoisotopic (exact) mass is 274 g/mol. The fraction of sp³-hybridized carbons (Fsp3) is 0.429. The fourth-order valence-corrected chi connectivity index (χ4v) is 2.34. The Bertz CT molecular complexity index is 684. The molecule has 0 atom stereocenters. The molecule has 2 heterocycles. The van der Waals surface area contributed by atoms with Gasteiger partial charge in [0.05, 0.1) is 17.6 Å². The molecular weight excluding hydrogens is 256 g/mol. The molecule has 0 unspecified atom stereocenters. The summed E-state index contributed by atoms with van der Waals surface area (Å²) in [6.45, 7) is 6.83. The van der Waals surface area contributed by atoms with Crippen LogP contribution in [0.3, 0.4) is 0 Å². The first-order valence-electron chi connectivity index (χ1n) is 6.61. The van der Waals surface area contributed by atoms with E-state index in [-0.39, 0.29) is 6.09 Å². The van der Waals surface area contributed by atoms with E-state index in [1.165, 1.54) is 0 Å². The van der Waals surface area contributed by atoms with Crippen molar-refractivity contribution >= 4 is 28.8 Å². The van der Waals surface area contributed by atoms with Crippen LogP contribution in [0.5, 0.6) is 0 Å². The zero-order valence-electron chi connectivity index (χ0n) is 11.9. The van der Waals surface area contributed by atoms with E-state index >= 15 is 0 Å². The SMILES string of the molecule is CC(C)(C)OC(=O)N1CCn2c1nc1ccc(N)cc12. The van der Waals surface area contributed by atoms with Gasteiger partial charge in [0.1, 0.15) is 5.60 Å². The van der Waals surface area contributed by atoms with Crippen LogP contribution >= 0.6 is 0 Å². The number of benzene rings is 1. The number of nitrogens with two attached hydrogens (primary N) is 1. The number of rotatable bonds is 0. The van der Waals surface area contributed by atoms with Crippen molar-refractivity contribution in [2.75, 3.05) is 17.2 Å². The third-order valence-corrected chi connectivity index (χ3v) is 3.15. The number of fused-ring (bicyclic) bond motifs is 3. The number of amides is 1. The van der Waals surface area contributed by atoms with Crippen LogP contribution in [-0.2, 0) is 11.3 Å². The Balaban J connectivity index is 1.98. The van der Waals surface area contributed by atoms with Crippen molar-refractivity contribution in [2.24, 2.45) is 0 Å². The van der Waals surface area contributed by atoms with Crippen LogP contribution in [0.4, 0.5) is 16.4 Å². The highest BCUT2D eigenvalue weighted by Crippen LogP contribution is 2.29. The van der Waals surface area contributed by atoms with Gasteiger partial charge in [0, 0.05) is 12.2 Å². The van der Waals surface area contributed by atoms with Gasteiger partial charge in [-0.2, -0.15) is 0 Å². The van der Waals surface area contributed by atoms with Gasteiger partial charge in [-0.25, -0.2) is 14.7 Å². The zero-order valence-corrected chi connectivity index (χ0v) is 11.9. The summed E-state index contributed by atoms with van der Waals surface area (Å²) in [5.74, 6) is 0.625. The maximum atomic E-state index is 12.2. The Labute approximate surface area is 117 Å². The topological polar surface area (TPSA) is 73.4 Å². The third-order valence-electron chi connectivity index (χ3n) is 3.15. The maximum Gasteiger partial charge on any atom is 0.417 e. The molecule has 1 aromatic heterocycles. The van der Waals surface area contributed by atoms with Gasteiger partial charge in [0.15, 0.2) is 0 Å². The predicted octanol–water partition coefficient (Wildman–Crippen LogP) is 2.37. The Morgan fingerprint density at radius 2 is 2.10 bits per heavy atom. The summed E-state index contributed by atoms with van der Waals surface area (Å²) >= 11 is 0. The molecular formula is C14H18N4O2. The molecule has 0 aliphatic carbocycles. The molecule has 2 aromatic rings. The second kappa shape index (κ2) is 4.13. The number of nitrogen functional groups attached to an aromatic ring is 1. The normalized spacial score (nSPS) is 14.7. The molecule has 0 saturated heterocycles. The minimum atomic E-state index is -0.513. The van der Waals surface area contributed by atoms with E-state index in [0.29, 0.717) is 24.7 Å². The van der Waals surface area contributed by atoms with Crippen LogP contribution in [0.1, 0.15) is 20.8 Å². The quantitative estimate of drug-likeness (QED) is 0.748. The largest absolute Gasteiger partial charge is 0.443 e. The van der Waals surface area contributed by atoms with Gasteiger partial charge in [-0.1, -0.05) is 0 Å². The highest BCUT2D eigenvalue weighted by atomic mass is 16.6. The van der Waals surface area contributed by atoms with Gasteiger partial charge in [-0.05, 0) is 39.0 Å². The summed E-state index contributed by atoms with van der Waals surface area (Å²) in [7, 11) is 0. The smallest absolute Gasteiger partial charge is 0.417 e. The molecule has 20 heavy (non-hydrogen) atoms. The van der Waals surface area contributed by atoms with E-state index in [2.05, 4.69) is 4.98 Å². The highest BCUT2D eigenvalue weighted by molar-refractivity contribution is 5.91. The number of nitrogens with zero attached hydrogens (tertiary/aromatic N) is 3. The van der Waals surface area contributed by atoms with E-state index in [4.69, 9.17) is 10.5 Å². The van der Waals surface area contributed by atoms with Crippen LogP contribution < -0.4 is 10.6 Å². The summed E-state index contributed by atoms with van der Waals surface area (Å²) < 4.78 is 7.40. The van der Waals surface area contributed by atoms with Crippen molar-refractivity contribution in [3.8, 4) is 0 Å². The number of imidazole rings is 1. The first-order valence-corrected chi connectivity index (χ1v) is 6.61. The molecule has 0 bridgehead atoms. The molecule has 1 amide bonds. The molecule has 0 spiro atoms. The average molecular weight is 274 g/mol. The second-order valence-electron chi connectivity index (χ2n) is 5.94. The Morgan fingerprint density at radius 3 is 2.80 bits per heavy atom. The van der Waals surface area contributed by atoms with Crippen molar-refractivity contribution in [1.29, 1.82) is 0 Å². The Morgan fingerprint density at radius 1 is 1.35 bits per heavy atom. The van der Waals surface area contributed by atoms with Crippen molar-refractivity contribution in [3.63, 3.8) is 0 Å². The summed E-state index contributed by atoms with van der Waals surface area (Å²) in [5.41, 5.74) is 7.77. The lowest BCUT2D eigenvalue weighted by Crippen LogP contribution is -2.36. The molecule has 106 valence electrons. The minimum absolute atomic E-state index is 0.362. The molecule has 1 aliphatic heterocycles. The lowest BCUT2D eigenvalue weighted by Gasteiger charge is -2.23. The molecule has 3 rings (SSSR count).